The van der Waals surface area contributed by atoms with E-state index in [-0.39, 0.29) is 29.1 Å². The maximum absolute atomic E-state index is 14.1. The average Bonchev–Trinajstić information content (AvgIpc) is 3.07. The van der Waals surface area contributed by atoms with E-state index in [1.807, 2.05) is 56.3 Å². The minimum atomic E-state index is -4.18. The van der Waals surface area contributed by atoms with Crippen LogP contribution in [0.1, 0.15) is 32.8 Å². The van der Waals surface area contributed by atoms with Gasteiger partial charge in [0, 0.05) is 12.6 Å². The highest BCUT2D eigenvalue weighted by molar-refractivity contribution is 7.92. The maximum atomic E-state index is 14.1. The van der Waals surface area contributed by atoms with E-state index in [2.05, 4.69) is 5.32 Å². The zero-order chi connectivity index (χ0) is 32.4. The Labute approximate surface area is 265 Å². The highest BCUT2D eigenvalue weighted by Crippen LogP contribution is 2.28. The Kier molecular flexibility index (Phi) is 11.2. The molecule has 0 heterocycles. The number of nitrogens with one attached hydrogen (secondary N) is 1. The maximum Gasteiger partial charge on any atom is 0.264 e. The summed E-state index contributed by atoms with van der Waals surface area (Å²) in [6.45, 7) is 5.04. The van der Waals surface area contributed by atoms with Crippen molar-refractivity contribution in [3.05, 3.63) is 115 Å². The summed E-state index contributed by atoms with van der Waals surface area (Å²) >= 11 is 0. The third kappa shape index (κ3) is 8.63. The molecule has 0 radical (unpaired) electrons. The van der Waals surface area contributed by atoms with E-state index in [4.69, 9.17) is 9.47 Å². The van der Waals surface area contributed by atoms with Crippen molar-refractivity contribution in [2.45, 2.75) is 50.7 Å². The molecule has 0 aliphatic rings. The fourth-order valence-corrected chi connectivity index (χ4v) is 5.96. The second-order valence-electron chi connectivity index (χ2n) is 10.6. The SMILES string of the molecule is CC[C@@H](C)NC(=O)[C@@H](C)N(Cc1ccc(OC)cc1)C(=O)CN(c1ccc(Oc2ccccc2)cc1)S(=O)(=O)c1ccccc1. The number of carbonyl (C=O) groups is 2. The van der Waals surface area contributed by atoms with Gasteiger partial charge in [0.1, 0.15) is 29.8 Å². The zero-order valence-electron chi connectivity index (χ0n) is 25.9. The topological polar surface area (TPSA) is 105 Å². The molecule has 0 aliphatic heterocycles. The van der Waals surface area contributed by atoms with E-state index >= 15 is 0 Å². The van der Waals surface area contributed by atoms with E-state index in [1.165, 1.54) is 17.0 Å². The van der Waals surface area contributed by atoms with E-state index in [1.54, 1.807) is 68.6 Å². The van der Waals surface area contributed by atoms with Crippen molar-refractivity contribution in [1.82, 2.24) is 10.2 Å². The first kappa shape index (κ1) is 33.1. The van der Waals surface area contributed by atoms with Gasteiger partial charge in [-0.15, -0.1) is 0 Å². The van der Waals surface area contributed by atoms with Crippen molar-refractivity contribution in [3.8, 4) is 17.2 Å². The fourth-order valence-electron chi connectivity index (χ4n) is 4.53. The number of hydrogen-bond acceptors (Lipinski definition) is 6. The van der Waals surface area contributed by atoms with Crippen LogP contribution in [0.4, 0.5) is 5.69 Å². The lowest BCUT2D eigenvalue weighted by Crippen LogP contribution is -2.52. The molecule has 236 valence electrons. The molecule has 45 heavy (non-hydrogen) atoms. The molecule has 1 N–H and O–H groups in total. The molecule has 10 heteroatoms. The van der Waals surface area contributed by atoms with Crippen molar-refractivity contribution in [2.75, 3.05) is 18.0 Å². The number of methoxy groups -OCH3 is 1. The molecule has 0 saturated heterocycles. The number of ether oxygens (including phenoxy) is 2. The van der Waals surface area contributed by atoms with Crippen LogP contribution in [-0.4, -0.2) is 50.9 Å². The molecule has 0 saturated carbocycles. The number of benzene rings is 4. The Hall–Kier alpha value is -4.83. The molecular weight excluding hydrogens is 590 g/mol. The van der Waals surface area contributed by atoms with Crippen LogP contribution in [0.25, 0.3) is 0 Å². The van der Waals surface area contributed by atoms with Crippen molar-refractivity contribution in [1.29, 1.82) is 0 Å². The van der Waals surface area contributed by atoms with Gasteiger partial charge in [-0.3, -0.25) is 13.9 Å². The second kappa shape index (κ2) is 15.3. The molecule has 0 aliphatic carbocycles. The van der Waals surface area contributed by atoms with Crippen molar-refractivity contribution < 1.29 is 27.5 Å². The summed E-state index contributed by atoms with van der Waals surface area (Å²) in [6.07, 6.45) is 0.720. The molecule has 4 aromatic carbocycles. The largest absolute Gasteiger partial charge is 0.497 e. The molecular formula is C35H39N3O6S. The Morgan fingerprint density at radius 3 is 1.91 bits per heavy atom. The van der Waals surface area contributed by atoms with Crippen LogP contribution in [0.2, 0.25) is 0 Å². The fraction of sp³-hybridized carbons (Fsp3) is 0.257. The lowest BCUT2D eigenvalue weighted by molar-refractivity contribution is -0.139. The van der Waals surface area contributed by atoms with Crippen LogP contribution in [0.3, 0.4) is 0 Å². The van der Waals surface area contributed by atoms with Gasteiger partial charge in [0.05, 0.1) is 17.7 Å². The minimum Gasteiger partial charge on any atom is -0.497 e. The van der Waals surface area contributed by atoms with Crippen molar-refractivity contribution >= 4 is 27.5 Å². The van der Waals surface area contributed by atoms with Gasteiger partial charge in [-0.05, 0) is 86.5 Å². The van der Waals surface area contributed by atoms with Gasteiger partial charge in [-0.2, -0.15) is 0 Å². The first-order chi connectivity index (χ1) is 21.6. The van der Waals surface area contributed by atoms with Crippen molar-refractivity contribution in [3.63, 3.8) is 0 Å². The first-order valence-corrected chi connectivity index (χ1v) is 16.2. The van der Waals surface area contributed by atoms with E-state index in [0.717, 1.165) is 16.3 Å². The van der Waals surface area contributed by atoms with E-state index in [0.29, 0.717) is 17.2 Å². The predicted octanol–water partition coefficient (Wildman–Crippen LogP) is 6.01. The molecule has 4 aromatic rings. The molecule has 9 nitrogen and oxygen atoms in total. The van der Waals surface area contributed by atoms with Crippen LogP contribution in [0, 0.1) is 0 Å². The van der Waals surface area contributed by atoms with E-state index in [9.17, 15) is 18.0 Å². The summed E-state index contributed by atoms with van der Waals surface area (Å²) in [6, 6.07) is 29.8. The lowest BCUT2D eigenvalue weighted by atomic mass is 10.1. The standard InChI is InChI=1S/C35H39N3O6S/c1-5-26(2)36-35(40)27(3)37(24-28-16-20-30(43-4)21-17-28)34(39)25-38(45(41,42)33-14-10-7-11-15-33)29-18-22-32(23-19-29)44-31-12-8-6-9-13-31/h6-23,26-27H,5,24-25H2,1-4H3,(H,36,40)/t26-,27-/m1/s1. The van der Waals surface area contributed by atoms with Crippen LogP contribution in [0.15, 0.2) is 114 Å². The summed E-state index contributed by atoms with van der Waals surface area (Å²) in [4.78, 5) is 28.8. The second-order valence-corrected chi connectivity index (χ2v) is 12.5. The molecule has 2 atom stereocenters. The van der Waals surface area contributed by atoms with Gasteiger partial charge in [0.15, 0.2) is 0 Å². The first-order valence-electron chi connectivity index (χ1n) is 14.8. The monoisotopic (exact) mass is 629 g/mol. The third-order valence-corrected chi connectivity index (χ3v) is 9.18. The Bertz CT molecular complexity index is 1650. The predicted molar refractivity (Wildman–Crippen MR) is 175 cm³/mol. The quantitative estimate of drug-likeness (QED) is 0.183. The molecule has 0 aromatic heterocycles. The number of nitrogens with zero attached hydrogens (tertiary/aromatic N) is 2. The smallest absolute Gasteiger partial charge is 0.264 e. The number of hydrogen-bond donors (Lipinski definition) is 1. The number of sulfonamides is 1. The summed E-state index contributed by atoms with van der Waals surface area (Å²) in [7, 11) is -2.61. The summed E-state index contributed by atoms with van der Waals surface area (Å²) in [5.41, 5.74) is 1.03. The normalized spacial score (nSPS) is 12.4. The van der Waals surface area contributed by atoms with Gasteiger partial charge >= 0.3 is 0 Å². The van der Waals surface area contributed by atoms with Crippen LogP contribution in [0.5, 0.6) is 17.2 Å². The number of carbonyl (C=O) groups excluding carboxylic acids is 2. The molecule has 4 rings (SSSR count). The lowest BCUT2D eigenvalue weighted by Gasteiger charge is -2.32. The number of para-hydroxylation sites is 1. The van der Waals surface area contributed by atoms with Gasteiger partial charge in [0.25, 0.3) is 10.0 Å². The minimum absolute atomic E-state index is 0.0340. The summed E-state index contributed by atoms with van der Waals surface area (Å²) < 4.78 is 40.2. The zero-order valence-corrected chi connectivity index (χ0v) is 26.7. The third-order valence-electron chi connectivity index (χ3n) is 7.39. The highest BCUT2D eigenvalue weighted by Gasteiger charge is 2.32. The molecule has 0 unspecified atom stereocenters. The number of anilines is 1. The van der Waals surface area contributed by atoms with Gasteiger partial charge < -0.3 is 19.7 Å². The Morgan fingerprint density at radius 1 is 0.778 bits per heavy atom. The van der Waals surface area contributed by atoms with Crippen LogP contribution < -0.4 is 19.1 Å². The van der Waals surface area contributed by atoms with Crippen molar-refractivity contribution in [2.24, 2.45) is 0 Å². The van der Waals surface area contributed by atoms with Gasteiger partial charge in [0.2, 0.25) is 11.8 Å². The van der Waals surface area contributed by atoms with Crippen LogP contribution >= 0.6 is 0 Å². The van der Waals surface area contributed by atoms with E-state index < -0.39 is 28.5 Å². The molecule has 0 bridgehead atoms. The van der Waals surface area contributed by atoms with Gasteiger partial charge in [-0.25, -0.2) is 8.42 Å². The molecule has 2 amide bonds. The summed E-state index contributed by atoms with van der Waals surface area (Å²) in [5.74, 6) is 0.921. The summed E-state index contributed by atoms with van der Waals surface area (Å²) in [5, 5.41) is 2.94. The molecule has 0 fully saturated rings. The van der Waals surface area contributed by atoms with Crippen LogP contribution in [-0.2, 0) is 26.2 Å². The van der Waals surface area contributed by atoms with Gasteiger partial charge in [-0.1, -0.05) is 55.5 Å². The molecule has 0 spiro atoms. The highest BCUT2D eigenvalue weighted by atomic mass is 32.2. The Morgan fingerprint density at radius 2 is 1.33 bits per heavy atom. The average molecular weight is 630 g/mol. The number of amides is 2. The number of rotatable bonds is 14. The Balaban J connectivity index is 1.68.